The summed E-state index contributed by atoms with van der Waals surface area (Å²) in [6.07, 6.45) is -3.06. The predicted octanol–water partition coefficient (Wildman–Crippen LogP) is 1.06. The van der Waals surface area contributed by atoms with Crippen LogP contribution in [0.25, 0.3) is 0 Å². The first-order valence-electron chi connectivity index (χ1n) is 2.57. The van der Waals surface area contributed by atoms with Crippen molar-refractivity contribution in [1.29, 1.82) is 0 Å². The molecule has 0 aromatic heterocycles. The number of hydrogen-bond donors (Lipinski definition) is 1. The van der Waals surface area contributed by atoms with E-state index in [1.807, 2.05) is 0 Å². The molecule has 0 saturated carbocycles. The fourth-order valence-corrected chi connectivity index (χ4v) is 0.353. The summed E-state index contributed by atoms with van der Waals surface area (Å²) in [5.74, 6) is 0. The van der Waals surface area contributed by atoms with Gasteiger partial charge in [-0.05, 0) is 6.92 Å². The third-order valence-corrected chi connectivity index (χ3v) is 0.903. The number of alkyl halides is 2. The van der Waals surface area contributed by atoms with Gasteiger partial charge in [-0.25, -0.2) is 8.78 Å². The summed E-state index contributed by atoms with van der Waals surface area (Å²) in [5, 5.41) is 8.08. The van der Waals surface area contributed by atoms with Crippen LogP contribution < -0.4 is 0 Å². The van der Waals surface area contributed by atoms with E-state index in [0.29, 0.717) is 0 Å². The van der Waals surface area contributed by atoms with Gasteiger partial charge in [0.25, 0.3) is 0 Å². The van der Waals surface area contributed by atoms with E-state index in [4.69, 9.17) is 5.11 Å². The Balaban J connectivity index is 3.17. The molecule has 0 heterocycles. The van der Waals surface area contributed by atoms with Crippen LogP contribution in [-0.2, 0) is 0 Å². The molecule has 2 unspecified atom stereocenters. The highest BCUT2D eigenvalue weighted by atomic mass is 19.2. The molecule has 0 radical (unpaired) electrons. The molecule has 0 fully saturated rings. The normalized spacial score (nSPS) is 18.0. The van der Waals surface area contributed by atoms with E-state index in [1.165, 1.54) is 0 Å². The number of aliphatic hydroxyl groups excluding tert-OH is 1. The summed E-state index contributed by atoms with van der Waals surface area (Å²) in [5.41, 5.74) is 0. The first kappa shape index (κ1) is 7.82. The molecule has 0 amide bonds. The lowest BCUT2D eigenvalue weighted by Gasteiger charge is -2.04. The van der Waals surface area contributed by atoms with Gasteiger partial charge in [-0.2, -0.15) is 0 Å². The van der Waals surface area contributed by atoms with E-state index in [9.17, 15) is 8.78 Å². The van der Waals surface area contributed by atoms with Crippen LogP contribution >= 0.6 is 0 Å². The summed E-state index contributed by atoms with van der Waals surface area (Å²) in [7, 11) is 0. The van der Waals surface area contributed by atoms with Gasteiger partial charge in [-0.15, -0.1) is 0 Å². The predicted molar refractivity (Wildman–Crippen MR) is 27.2 cm³/mol. The Kier molecular flexibility index (Phi) is 3.69. The van der Waals surface area contributed by atoms with Crippen LogP contribution in [-0.4, -0.2) is 24.1 Å². The molecule has 2 atom stereocenters. The van der Waals surface area contributed by atoms with Gasteiger partial charge in [-0.1, -0.05) is 0 Å². The minimum Gasteiger partial charge on any atom is -0.396 e. The van der Waals surface area contributed by atoms with Crippen LogP contribution in [0.2, 0.25) is 0 Å². The van der Waals surface area contributed by atoms with Crippen molar-refractivity contribution in [2.24, 2.45) is 0 Å². The van der Waals surface area contributed by atoms with Gasteiger partial charge in [-0.3, -0.25) is 0 Å². The molecule has 0 aliphatic rings. The van der Waals surface area contributed by atoms with Gasteiger partial charge in [0.05, 0.1) is 0 Å². The Morgan fingerprint density at radius 1 is 1.50 bits per heavy atom. The van der Waals surface area contributed by atoms with Crippen LogP contribution in [0.1, 0.15) is 13.3 Å². The fraction of sp³-hybridized carbons (Fsp3) is 1.00. The van der Waals surface area contributed by atoms with Crippen LogP contribution in [0.3, 0.4) is 0 Å². The average molecular weight is 124 g/mol. The number of hydrogen-bond acceptors (Lipinski definition) is 1. The van der Waals surface area contributed by atoms with Gasteiger partial charge >= 0.3 is 0 Å². The summed E-state index contributed by atoms with van der Waals surface area (Å²) < 4.78 is 23.8. The molecule has 0 rings (SSSR count). The summed E-state index contributed by atoms with van der Waals surface area (Å²) in [6.45, 7) is 0.857. The van der Waals surface area contributed by atoms with Crippen molar-refractivity contribution in [3.63, 3.8) is 0 Å². The molecule has 0 aromatic carbocycles. The van der Waals surface area contributed by atoms with Crippen molar-refractivity contribution in [1.82, 2.24) is 0 Å². The third-order valence-electron chi connectivity index (χ3n) is 0.903. The highest BCUT2D eigenvalue weighted by molar-refractivity contribution is 4.60. The highest BCUT2D eigenvalue weighted by Crippen LogP contribution is 2.05. The summed E-state index contributed by atoms with van der Waals surface area (Å²) in [4.78, 5) is 0. The third kappa shape index (κ3) is 2.91. The lowest BCUT2D eigenvalue weighted by molar-refractivity contribution is 0.142. The van der Waals surface area contributed by atoms with Crippen LogP contribution in [0.4, 0.5) is 8.78 Å². The molecule has 1 nitrogen and oxygen atoms in total. The van der Waals surface area contributed by atoms with E-state index in [0.717, 1.165) is 6.92 Å². The molecule has 0 spiro atoms. The quantitative estimate of drug-likeness (QED) is 0.596. The second kappa shape index (κ2) is 3.78. The van der Waals surface area contributed by atoms with Crippen LogP contribution in [0, 0.1) is 0 Å². The van der Waals surface area contributed by atoms with Crippen LogP contribution in [0.15, 0.2) is 0 Å². The number of halogens is 2. The molecule has 3 heteroatoms. The van der Waals surface area contributed by atoms with Crippen molar-refractivity contribution in [2.75, 3.05) is 6.61 Å². The Hall–Kier alpha value is -0.180. The van der Waals surface area contributed by atoms with Crippen LogP contribution in [0.5, 0.6) is 0 Å². The fourth-order valence-electron chi connectivity index (χ4n) is 0.353. The lowest BCUT2D eigenvalue weighted by Crippen LogP contribution is -2.14. The van der Waals surface area contributed by atoms with E-state index in [1.54, 1.807) is 0 Å². The second-order valence-corrected chi connectivity index (χ2v) is 1.71. The zero-order chi connectivity index (χ0) is 6.57. The zero-order valence-corrected chi connectivity index (χ0v) is 4.77. The van der Waals surface area contributed by atoms with E-state index < -0.39 is 12.3 Å². The molecule has 8 heavy (non-hydrogen) atoms. The van der Waals surface area contributed by atoms with Gasteiger partial charge in [0, 0.05) is 13.0 Å². The Morgan fingerprint density at radius 3 is 2.12 bits per heavy atom. The molecule has 0 aliphatic heterocycles. The maximum atomic E-state index is 12.0. The monoisotopic (exact) mass is 124 g/mol. The van der Waals surface area contributed by atoms with Crippen molar-refractivity contribution in [3.05, 3.63) is 0 Å². The number of rotatable bonds is 3. The molecular formula is C5H10F2O. The van der Waals surface area contributed by atoms with Crippen molar-refractivity contribution in [2.45, 2.75) is 25.7 Å². The minimum atomic E-state index is -1.50. The summed E-state index contributed by atoms with van der Waals surface area (Å²) in [6, 6.07) is 0. The van der Waals surface area contributed by atoms with Crippen molar-refractivity contribution in [3.8, 4) is 0 Å². The largest absolute Gasteiger partial charge is 0.396 e. The van der Waals surface area contributed by atoms with Gasteiger partial charge in [0.2, 0.25) is 0 Å². The smallest absolute Gasteiger partial charge is 0.133 e. The van der Waals surface area contributed by atoms with E-state index >= 15 is 0 Å². The molecule has 1 N–H and O–H groups in total. The average Bonchev–Trinajstić information content (AvgIpc) is 1.67. The Morgan fingerprint density at radius 2 is 2.00 bits per heavy atom. The maximum absolute atomic E-state index is 12.0. The van der Waals surface area contributed by atoms with Gasteiger partial charge < -0.3 is 5.11 Å². The molecule has 0 aromatic rings. The molecular weight excluding hydrogens is 114 g/mol. The number of aliphatic hydroxyl groups is 1. The Labute approximate surface area is 47.3 Å². The lowest BCUT2D eigenvalue weighted by atomic mass is 10.2. The van der Waals surface area contributed by atoms with Crippen molar-refractivity contribution < 1.29 is 13.9 Å². The topological polar surface area (TPSA) is 20.2 Å². The van der Waals surface area contributed by atoms with Gasteiger partial charge in [0.1, 0.15) is 12.3 Å². The SMILES string of the molecule is CC(F)C(F)CCO. The molecule has 0 saturated heterocycles. The van der Waals surface area contributed by atoms with Gasteiger partial charge in [0.15, 0.2) is 0 Å². The Bertz CT molecular complexity index is 56.4. The molecule has 0 aliphatic carbocycles. The van der Waals surface area contributed by atoms with E-state index in [-0.39, 0.29) is 13.0 Å². The summed E-state index contributed by atoms with van der Waals surface area (Å²) >= 11 is 0. The minimum absolute atomic E-state index is 0.0995. The zero-order valence-electron chi connectivity index (χ0n) is 4.77. The standard InChI is InChI=1S/C5H10F2O/c1-4(6)5(7)2-3-8/h4-5,8H,2-3H2,1H3. The molecule has 50 valence electrons. The highest BCUT2D eigenvalue weighted by Gasteiger charge is 2.12. The first-order chi connectivity index (χ1) is 3.68. The molecule has 0 bridgehead atoms. The van der Waals surface area contributed by atoms with Crippen molar-refractivity contribution >= 4 is 0 Å². The maximum Gasteiger partial charge on any atom is 0.133 e. The second-order valence-electron chi connectivity index (χ2n) is 1.71. The van der Waals surface area contributed by atoms with E-state index in [2.05, 4.69) is 0 Å². The first-order valence-corrected chi connectivity index (χ1v) is 2.57.